The molecular formula is C13H25N. The van der Waals surface area contributed by atoms with Gasteiger partial charge in [-0.25, -0.2) is 0 Å². The monoisotopic (exact) mass is 195 g/mol. The van der Waals surface area contributed by atoms with E-state index in [1.165, 1.54) is 25.7 Å². The van der Waals surface area contributed by atoms with Gasteiger partial charge >= 0.3 is 0 Å². The third-order valence-electron chi connectivity index (χ3n) is 2.79. The molecule has 0 amide bonds. The molecule has 1 aliphatic rings. The Labute approximate surface area is 89.0 Å². The molecule has 1 aliphatic carbocycles. The first-order valence-electron chi connectivity index (χ1n) is 5.95. The van der Waals surface area contributed by atoms with Gasteiger partial charge in [0.15, 0.2) is 0 Å². The molecule has 1 atom stereocenters. The van der Waals surface area contributed by atoms with Gasteiger partial charge in [0.05, 0.1) is 0 Å². The summed E-state index contributed by atoms with van der Waals surface area (Å²) in [4.78, 5) is 0. The van der Waals surface area contributed by atoms with Crippen molar-refractivity contribution in [3.05, 3.63) is 11.6 Å². The van der Waals surface area contributed by atoms with Gasteiger partial charge in [0.25, 0.3) is 0 Å². The van der Waals surface area contributed by atoms with Crippen molar-refractivity contribution in [3.63, 3.8) is 0 Å². The number of hydrogen-bond donors (Lipinski definition) is 1. The molecule has 0 spiro atoms. The average Bonchev–Trinajstić information content (AvgIpc) is 2.52. The number of allylic oxidation sites excluding steroid dienone is 1. The molecule has 0 saturated carbocycles. The fourth-order valence-electron chi connectivity index (χ4n) is 2.21. The van der Waals surface area contributed by atoms with E-state index >= 15 is 0 Å². The van der Waals surface area contributed by atoms with Gasteiger partial charge in [0.2, 0.25) is 0 Å². The maximum Gasteiger partial charge on any atom is 0.0284 e. The zero-order chi connectivity index (χ0) is 10.6. The highest BCUT2D eigenvalue weighted by atomic mass is 14.9. The summed E-state index contributed by atoms with van der Waals surface area (Å²) in [6.07, 6.45) is 7.67. The number of nitrogens with one attached hydrogen (secondary N) is 1. The Balaban J connectivity index is 2.54. The average molecular weight is 195 g/mol. The SMILES string of the molecule is CCNC(CC(C)(C)C)C1=CCCC1. The Bertz CT molecular complexity index is 198. The second kappa shape index (κ2) is 4.97. The summed E-state index contributed by atoms with van der Waals surface area (Å²) in [5.74, 6) is 0. The zero-order valence-corrected chi connectivity index (χ0v) is 10.2. The smallest absolute Gasteiger partial charge is 0.0284 e. The van der Waals surface area contributed by atoms with Crippen LogP contribution in [0.5, 0.6) is 0 Å². The van der Waals surface area contributed by atoms with Crippen LogP contribution in [-0.4, -0.2) is 12.6 Å². The highest BCUT2D eigenvalue weighted by Gasteiger charge is 2.22. The first-order chi connectivity index (χ1) is 6.53. The molecule has 0 bridgehead atoms. The molecule has 0 fully saturated rings. The lowest BCUT2D eigenvalue weighted by molar-refractivity contribution is 0.328. The molecule has 0 heterocycles. The van der Waals surface area contributed by atoms with Gasteiger partial charge < -0.3 is 5.32 Å². The van der Waals surface area contributed by atoms with Crippen LogP contribution in [0, 0.1) is 5.41 Å². The predicted octanol–water partition coefficient (Wildman–Crippen LogP) is 3.51. The molecule has 14 heavy (non-hydrogen) atoms. The molecule has 0 saturated heterocycles. The van der Waals surface area contributed by atoms with E-state index in [0.717, 1.165) is 6.54 Å². The van der Waals surface area contributed by atoms with E-state index in [2.05, 4.69) is 39.1 Å². The van der Waals surface area contributed by atoms with Crippen molar-refractivity contribution in [1.29, 1.82) is 0 Å². The van der Waals surface area contributed by atoms with Crippen molar-refractivity contribution in [2.75, 3.05) is 6.54 Å². The molecule has 1 heteroatoms. The Morgan fingerprint density at radius 2 is 2.14 bits per heavy atom. The first kappa shape index (κ1) is 11.8. The lowest BCUT2D eigenvalue weighted by Gasteiger charge is -2.27. The highest BCUT2D eigenvalue weighted by molar-refractivity contribution is 5.15. The maximum absolute atomic E-state index is 3.61. The summed E-state index contributed by atoms with van der Waals surface area (Å²) in [6.45, 7) is 10.3. The third-order valence-corrected chi connectivity index (χ3v) is 2.79. The molecule has 1 nitrogen and oxygen atoms in total. The molecule has 0 aromatic rings. The highest BCUT2D eigenvalue weighted by Crippen LogP contribution is 2.29. The lowest BCUT2D eigenvalue weighted by atomic mass is 9.85. The summed E-state index contributed by atoms with van der Waals surface area (Å²) < 4.78 is 0. The normalized spacial score (nSPS) is 19.6. The third kappa shape index (κ3) is 3.83. The van der Waals surface area contributed by atoms with Crippen LogP contribution in [0.2, 0.25) is 0 Å². The first-order valence-corrected chi connectivity index (χ1v) is 5.95. The van der Waals surface area contributed by atoms with E-state index in [9.17, 15) is 0 Å². The van der Waals surface area contributed by atoms with Gasteiger partial charge in [-0.1, -0.05) is 39.3 Å². The van der Waals surface area contributed by atoms with Crippen LogP contribution in [-0.2, 0) is 0 Å². The van der Waals surface area contributed by atoms with Crippen molar-refractivity contribution < 1.29 is 0 Å². The van der Waals surface area contributed by atoms with E-state index in [1.807, 2.05) is 0 Å². The van der Waals surface area contributed by atoms with Crippen LogP contribution in [0.3, 0.4) is 0 Å². The van der Waals surface area contributed by atoms with Crippen LogP contribution in [0.25, 0.3) is 0 Å². The Hall–Kier alpha value is -0.300. The van der Waals surface area contributed by atoms with Crippen molar-refractivity contribution in [2.45, 2.75) is 59.4 Å². The number of hydrogen-bond acceptors (Lipinski definition) is 1. The van der Waals surface area contributed by atoms with Crippen LogP contribution in [0.4, 0.5) is 0 Å². The van der Waals surface area contributed by atoms with Crippen molar-refractivity contribution in [2.24, 2.45) is 5.41 Å². The predicted molar refractivity (Wildman–Crippen MR) is 63.5 cm³/mol. The maximum atomic E-state index is 3.61. The van der Waals surface area contributed by atoms with E-state index in [0.29, 0.717) is 11.5 Å². The number of likely N-dealkylation sites (N-methyl/N-ethyl adjacent to an activating group) is 1. The molecule has 1 N–H and O–H groups in total. The van der Waals surface area contributed by atoms with Crippen molar-refractivity contribution in [3.8, 4) is 0 Å². The van der Waals surface area contributed by atoms with Crippen LogP contribution in [0.15, 0.2) is 11.6 Å². The van der Waals surface area contributed by atoms with Gasteiger partial charge in [-0.05, 0) is 37.6 Å². The second-order valence-corrected chi connectivity index (χ2v) is 5.55. The van der Waals surface area contributed by atoms with Crippen LogP contribution < -0.4 is 5.32 Å². The minimum atomic E-state index is 0.427. The Morgan fingerprint density at radius 1 is 1.43 bits per heavy atom. The summed E-state index contributed by atoms with van der Waals surface area (Å²) in [5.41, 5.74) is 2.08. The van der Waals surface area contributed by atoms with Gasteiger partial charge in [0.1, 0.15) is 0 Å². The zero-order valence-electron chi connectivity index (χ0n) is 10.2. The quantitative estimate of drug-likeness (QED) is 0.677. The molecule has 82 valence electrons. The standard InChI is InChI=1S/C13H25N/c1-5-14-12(10-13(2,3)4)11-8-6-7-9-11/h8,12,14H,5-7,9-10H2,1-4H3. The molecule has 0 aromatic heterocycles. The molecule has 1 rings (SSSR count). The van der Waals surface area contributed by atoms with E-state index < -0.39 is 0 Å². The van der Waals surface area contributed by atoms with Crippen molar-refractivity contribution >= 4 is 0 Å². The molecule has 0 aromatic carbocycles. The van der Waals surface area contributed by atoms with E-state index in [4.69, 9.17) is 0 Å². The van der Waals surface area contributed by atoms with Crippen molar-refractivity contribution in [1.82, 2.24) is 5.32 Å². The van der Waals surface area contributed by atoms with Crippen LogP contribution in [0.1, 0.15) is 53.4 Å². The fourth-order valence-corrected chi connectivity index (χ4v) is 2.21. The summed E-state index contributed by atoms with van der Waals surface area (Å²) in [7, 11) is 0. The van der Waals surface area contributed by atoms with Gasteiger partial charge in [0, 0.05) is 6.04 Å². The fraction of sp³-hybridized carbons (Fsp3) is 0.846. The molecule has 0 radical (unpaired) electrons. The summed E-state index contributed by atoms with van der Waals surface area (Å²) >= 11 is 0. The topological polar surface area (TPSA) is 12.0 Å². The lowest BCUT2D eigenvalue weighted by Crippen LogP contribution is -2.34. The van der Waals surface area contributed by atoms with Gasteiger partial charge in [-0.3, -0.25) is 0 Å². The summed E-state index contributed by atoms with van der Waals surface area (Å²) in [5, 5.41) is 3.61. The molecule has 1 unspecified atom stereocenters. The minimum Gasteiger partial charge on any atom is -0.311 e. The molecule has 0 aliphatic heterocycles. The van der Waals surface area contributed by atoms with Gasteiger partial charge in [-0.15, -0.1) is 0 Å². The minimum absolute atomic E-state index is 0.427. The van der Waals surface area contributed by atoms with Gasteiger partial charge in [-0.2, -0.15) is 0 Å². The molecular weight excluding hydrogens is 170 g/mol. The van der Waals surface area contributed by atoms with Crippen LogP contribution >= 0.6 is 0 Å². The second-order valence-electron chi connectivity index (χ2n) is 5.55. The number of rotatable bonds is 4. The largest absolute Gasteiger partial charge is 0.311 e. The summed E-state index contributed by atoms with van der Waals surface area (Å²) in [6, 6.07) is 0.627. The van der Waals surface area contributed by atoms with E-state index in [1.54, 1.807) is 5.57 Å². The van der Waals surface area contributed by atoms with E-state index in [-0.39, 0.29) is 0 Å². The Kier molecular flexibility index (Phi) is 4.18. The Morgan fingerprint density at radius 3 is 2.57 bits per heavy atom.